The van der Waals surface area contributed by atoms with Gasteiger partial charge in [-0.25, -0.2) is 4.98 Å². The number of oxazole rings is 1. The quantitative estimate of drug-likeness (QED) is 0.941. The number of hydrogen-bond donors (Lipinski definition) is 1. The average Bonchev–Trinajstić information content (AvgIpc) is 3.28. The number of benzene rings is 1. The van der Waals surface area contributed by atoms with Crippen LogP contribution < -0.4 is 5.32 Å². The normalized spacial score (nSPS) is 22.4. The monoisotopic (exact) mass is 286 g/mol. The lowest BCUT2D eigenvalue weighted by Crippen LogP contribution is -2.30. The number of anilines is 1. The van der Waals surface area contributed by atoms with Crippen molar-refractivity contribution >= 4 is 22.7 Å². The van der Waals surface area contributed by atoms with Crippen LogP contribution in [0.3, 0.4) is 0 Å². The molecule has 1 aliphatic carbocycles. The van der Waals surface area contributed by atoms with Crippen LogP contribution >= 0.6 is 0 Å². The second-order valence-corrected chi connectivity index (χ2v) is 5.91. The molecule has 2 aliphatic rings. The van der Waals surface area contributed by atoms with E-state index in [0.717, 1.165) is 55.0 Å². The molecule has 1 unspecified atom stereocenters. The largest absolute Gasteiger partial charge is 0.440 e. The van der Waals surface area contributed by atoms with E-state index in [9.17, 15) is 4.79 Å². The summed E-state index contributed by atoms with van der Waals surface area (Å²) in [5.41, 5.74) is 2.36. The van der Waals surface area contributed by atoms with Crippen molar-refractivity contribution in [2.75, 3.05) is 18.5 Å². The molecular formula is C16H18N2O3. The molecule has 1 aromatic carbocycles. The molecule has 1 aliphatic heterocycles. The fourth-order valence-corrected chi connectivity index (χ4v) is 2.72. The zero-order valence-corrected chi connectivity index (χ0v) is 11.8. The molecular weight excluding hydrogens is 268 g/mol. The molecule has 1 N–H and O–H groups in total. The highest BCUT2D eigenvalue weighted by Gasteiger charge is 2.29. The summed E-state index contributed by atoms with van der Waals surface area (Å²) in [5, 5.41) is 2.95. The lowest BCUT2D eigenvalue weighted by atomic mass is 10.0. The van der Waals surface area contributed by atoms with Crippen LogP contribution in [0.5, 0.6) is 0 Å². The molecule has 1 atom stereocenters. The van der Waals surface area contributed by atoms with Gasteiger partial charge >= 0.3 is 0 Å². The third-order valence-electron chi connectivity index (χ3n) is 4.13. The summed E-state index contributed by atoms with van der Waals surface area (Å²) in [6.07, 6.45) is 4.17. The van der Waals surface area contributed by atoms with Crippen LogP contribution in [0.1, 0.15) is 37.5 Å². The van der Waals surface area contributed by atoms with E-state index in [4.69, 9.17) is 9.15 Å². The van der Waals surface area contributed by atoms with Crippen LogP contribution in [0.25, 0.3) is 11.1 Å². The van der Waals surface area contributed by atoms with Crippen LogP contribution in [0, 0.1) is 5.92 Å². The fourth-order valence-electron chi connectivity index (χ4n) is 2.72. The first-order valence-electron chi connectivity index (χ1n) is 7.59. The lowest BCUT2D eigenvalue weighted by molar-refractivity contribution is -0.123. The summed E-state index contributed by atoms with van der Waals surface area (Å²) in [6, 6.07) is 5.64. The first kappa shape index (κ1) is 12.8. The van der Waals surface area contributed by atoms with Crippen LogP contribution in [0.4, 0.5) is 5.69 Å². The molecule has 1 amide bonds. The van der Waals surface area contributed by atoms with Crippen molar-refractivity contribution < 1.29 is 13.9 Å². The Bertz CT molecular complexity index is 669. The van der Waals surface area contributed by atoms with E-state index in [2.05, 4.69) is 10.3 Å². The van der Waals surface area contributed by atoms with Crippen LogP contribution in [0.2, 0.25) is 0 Å². The average molecular weight is 286 g/mol. The second kappa shape index (κ2) is 5.15. The van der Waals surface area contributed by atoms with Gasteiger partial charge in [-0.15, -0.1) is 0 Å². The minimum Gasteiger partial charge on any atom is -0.440 e. The molecule has 5 heteroatoms. The number of nitrogens with zero attached hydrogens (tertiary/aromatic N) is 1. The van der Waals surface area contributed by atoms with E-state index < -0.39 is 0 Å². The maximum absolute atomic E-state index is 12.2. The Morgan fingerprint density at radius 3 is 2.95 bits per heavy atom. The molecule has 0 spiro atoms. The summed E-state index contributed by atoms with van der Waals surface area (Å²) in [5.74, 6) is 1.30. The maximum Gasteiger partial charge on any atom is 0.229 e. The first-order valence-corrected chi connectivity index (χ1v) is 7.59. The zero-order valence-electron chi connectivity index (χ0n) is 11.8. The summed E-state index contributed by atoms with van der Waals surface area (Å²) in [7, 11) is 0. The fraction of sp³-hybridized carbons (Fsp3) is 0.500. The van der Waals surface area contributed by atoms with Gasteiger partial charge in [-0.1, -0.05) is 0 Å². The van der Waals surface area contributed by atoms with Crippen LogP contribution in [-0.4, -0.2) is 24.1 Å². The van der Waals surface area contributed by atoms with Gasteiger partial charge < -0.3 is 14.5 Å². The number of aromatic nitrogens is 1. The highest BCUT2D eigenvalue weighted by molar-refractivity contribution is 5.94. The van der Waals surface area contributed by atoms with E-state index in [1.165, 1.54) is 0 Å². The molecule has 1 saturated heterocycles. The van der Waals surface area contributed by atoms with E-state index in [1.54, 1.807) is 0 Å². The molecule has 2 heterocycles. The third kappa shape index (κ3) is 2.65. The molecule has 110 valence electrons. The van der Waals surface area contributed by atoms with E-state index >= 15 is 0 Å². The Labute approximate surface area is 122 Å². The zero-order chi connectivity index (χ0) is 14.2. The van der Waals surface area contributed by atoms with Gasteiger partial charge in [0, 0.05) is 24.3 Å². The predicted molar refractivity (Wildman–Crippen MR) is 78.2 cm³/mol. The molecule has 2 fully saturated rings. The van der Waals surface area contributed by atoms with Crippen molar-refractivity contribution in [3.05, 3.63) is 24.1 Å². The molecule has 0 bridgehead atoms. The number of amides is 1. The lowest BCUT2D eigenvalue weighted by Gasteiger charge is -2.21. The van der Waals surface area contributed by atoms with Gasteiger partial charge in [-0.05, 0) is 37.8 Å². The predicted octanol–water partition coefficient (Wildman–Crippen LogP) is 3.07. The van der Waals surface area contributed by atoms with Crippen molar-refractivity contribution in [2.45, 2.75) is 31.6 Å². The number of carbonyl (C=O) groups excluding carboxylic acids is 1. The van der Waals surface area contributed by atoms with Gasteiger partial charge in [0.05, 0.1) is 12.5 Å². The Kier molecular flexibility index (Phi) is 3.15. The number of carbonyl (C=O) groups is 1. The number of nitrogens with one attached hydrogen (secondary N) is 1. The minimum absolute atomic E-state index is 0.0241. The van der Waals surface area contributed by atoms with Crippen LogP contribution in [0.15, 0.2) is 22.6 Å². The first-order chi connectivity index (χ1) is 10.3. The topological polar surface area (TPSA) is 64.4 Å². The molecule has 0 radical (unpaired) electrons. The van der Waals surface area contributed by atoms with Crippen molar-refractivity contribution in [3.63, 3.8) is 0 Å². The Morgan fingerprint density at radius 1 is 1.29 bits per heavy atom. The van der Waals surface area contributed by atoms with E-state index in [-0.39, 0.29) is 11.8 Å². The summed E-state index contributed by atoms with van der Waals surface area (Å²) in [4.78, 5) is 16.7. The Balaban J connectivity index is 1.51. The Morgan fingerprint density at radius 2 is 2.19 bits per heavy atom. The smallest absolute Gasteiger partial charge is 0.229 e. The van der Waals surface area contributed by atoms with Crippen molar-refractivity contribution in [1.29, 1.82) is 0 Å². The van der Waals surface area contributed by atoms with Gasteiger partial charge in [0.1, 0.15) is 5.52 Å². The van der Waals surface area contributed by atoms with Crippen molar-refractivity contribution in [2.24, 2.45) is 5.92 Å². The van der Waals surface area contributed by atoms with Crippen molar-refractivity contribution in [3.8, 4) is 0 Å². The van der Waals surface area contributed by atoms with Gasteiger partial charge in [-0.3, -0.25) is 4.79 Å². The van der Waals surface area contributed by atoms with Gasteiger partial charge in [0.25, 0.3) is 0 Å². The summed E-state index contributed by atoms with van der Waals surface area (Å²) < 4.78 is 11.1. The van der Waals surface area contributed by atoms with Gasteiger partial charge in [0.2, 0.25) is 5.91 Å². The van der Waals surface area contributed by atoms with Crippen molar-refractivity contribution in [1.82, 2.24) is 4.98 Å². The Hall–Kier alpha value is -1.88. The SMILES string of the molecule is O=C(Nc1ccc2nc(C3CC3)oc2c1)C1CCCOC1. The number of fused-ring (bicyclic) bond motifs is 1. The van der Waals surface area contributed by atoms with Gasteiger partial charge in [-0.2, -0.15) is 0 Å². The standard InChI is InChI=1S/C16H18N2O3/c19-15(11-2-1-7-20-9-11)17-12-5-6-13-14(8-12)21-16(18-13)10-3-4-10/h5-6,8,10-11H,1-4,7,9H2,(H,17,19). The third-order valence-corrected chi connectivity index (χ3v) is 4.13. The highest BCUT2D eigenvalue weighted by atomic mass is 16.5. The van der Waals surface area contributed by atoms with E-state index in [1.807, 2.05) is 18.2 Å². The molecule has 5 nitrogen and oxygen atoms in total. The van der Waals surface area contributed by atoms with Crippen LogP contribution in [-0.2, 0) is 9.53 Å². The number of hydrogen-bond acceptors (Lipinski definition) is 4. The summed E-state index contributed by atoms with van der Waals surface area (Å²) >= 11 is 0. The molecule has 21 heavy (non-hydrogen) atoms. The summed E-state index contributed by atoms with van der Waals surface area (Å²) in [6.45, 7) is 1.28. The highest BCUT2D eigenvalue weighted by Crippen LogP contribution is 2.40. The van der Waals surface area contributed by atoms with E-state index in [0.29, 0.717) is 12.5 Å². The maximum atomic E-state index is 12.2. The number of ether oxygens (including phenoxy) is 1. The molecule has 1 aromatic heterocycles. The van der Waals surface area contributed by atoms with Gasteiger partial charge in [0.15, 0.2) is 11.5 Å². The molecule has 2 aromatic rings. The number of rotatable bonds is 3. The molecule has 4 rings (SSSR count). The minimum atomic E-state index is -0.0498. The molecule has 1 saturated carbocycles. The second-order valence-electron chi connectivity index (χ2n) is 5.91.